The highest BCUT2D eigenvalue weighted by atomic mass is 79.9. The molecule has 1 heterocycles. The molecular weight excluding hydrogens is 342 g/mol. The van der Waals surface area contributed by atoms with E-state index in [0.29, 0.717) is 18.0 Å². The number of amides is 1. The molecule has 4 nitrogen and oxygen atoms in total. The summed E-state index contributed by atoms with van der Waals surface area (Å²) in [5, 5.41) is 2.81. The first-order chi connectivity index (χ1) is 9.67. The predicted molar refractivity (Wildman–Crippen MR) is 82.4 cm³/mol. The third-order valence-corrected chi connectivity index (χ3v) is 4.12. The molecule has 2 aromatic rings. The summed E-state index contributed by atoms with van der Waals surface area (Å²) in [6.45, 7) is 0.496. The molecule has 0 aliphatic rings. The average Bonchev–Trinajstić information content (AvgIpc) is 2.89. The molecule has 0 atom stereocenters. The van der Waals surface area contributed by atoms with Crippen molar-refractivity contribution in [2.45, 2.75) is 6.54 Å². The summed E-state index contributed by atoms with van der Waals surface area (Å²) in [6.07, 6.45) is 0. The maximum Gasteiger partial charge on any atom is 0.258 e. The highest BCUT2D eigenvalue weighted by Gasteiger charge is 2.05. The van der Waals surface area contributed by atoms with Crippen molar-refractivity contribution < 1.29 is 14.3 Å². The number of methoxy groups -OCH3 is 1. The molecule has 0 aliphatic carbocycles. The van der Waals surface area contributed by atoms with E-state index in [1.807, 2.05) is 24.3 Å². The van der Waals surface area contributed by atoms with Crippen LogP contribution < -0.4 is 14.8 Å². The van der Waals surface area contributed by atoms with E-state index in [2.05, 4.69) is 21.2 Å². The van der Waals surface area contributed by atoms with Crippen molar-refractivity contribution in [2.75, 3.05) is 13.7 Å². The Morgan fingerprint density at radius 3 is 2.80 bits per heavy atom. The number of carbonyl (C=O) groups excluding carboxylic acids is 1. The number of hydrogen-bond acceptors (Lipinski definition) is 4. The molecule has 0 unspecified atom stereocenters. The van der Waals surface area contributed by atoms with E-state index in [1.54, 1.807) is 30.6 Å². The zero-order valence-electron chi connectivity index (χ0n) is 10.9. The van der Waals surface area contributed by atoms with Gasteiger partial charge in [-0.3, -0.25) is 4.79 Å². The minimum atomic E-state index is -0.155. The fraction of sp³-hybridized carbons (Fsp3) is 0.214. The maximum absolute atomic E-state index is 11.7. The van der Waals surface area contributed by atoms with Gasteiger partial charge in [0.1, 0.15) is 11.5 Å². The summed E-state index contributed by atoms with van der Waals surface area (Å²) < 4.78 is 11.5. The highest BCUT2D eigenvalue weighted by Crippen LogP contribution is 2.21. The third kappa shape index (κ3) is 4.54. The van der Waals surface area contributed by atoms with E-state index in [4.69, 9.17) is 9.47 Å². The SMILES string of the molecule is COc1cccc(OCC(=O)NCc2ccc(Br)s2)c1. The second kappa shape index (κ2) is 7.31. The number of rotatable bonds is 6. The zero-order chi connectivity index (χ0) is 14.4. The summed E-state index contributed by atoms with van der Waals surface area (Å²) in [5.74, 6) is 1.15. The fourth-order valence-corrected chi connectivity index (χ4v) is 2.95. The first-order valence-electron chi connectivity index (χ1n) is 5.95. The van der Waals surface area contributed by atoms with Crippen LogP contribution >= 0.6 is 27.3 Å². The molecule has 2 rings (SSSR count). The first-order valence-corrected chi connectivity index (χ1v) is 7.56. The minimum Gasteiger partial charge on any atom is -0.497 e. The molecular formula is C14H14BrNO3S. The van der Waals surface area contributed by atoms with Crippen LogP contribution in [-0.4, -0.2) is 19.6 Å². The normalized spacial score (nSPS) is 10.1. The van der Waals surface area contributed by atoms with E-state index in [1.165, 1.54) is 0 Å². The molecule has 6 heteroatoms. The van der Waals surface area contributed by atoms with Crippen molar-refractivity contribution in [2.24, 2.45) is 0 Å². The van der Waals surface area contributed by atoms with Gasteiger partial charge in [-0.1, -0.05) is 6.07 Å². The Hall–Kier alpha value is -1.53. The van der Waals surface area contributed by atoms with Crippen molar-refractivity contribution >= 4 is 33.2 Å². The van der Waals surface area contributed by atoms with Crippen LogP contribution in [0, 0.1) is 0 Å². The second-order valence-electron chi connectivity index (χ2n) is 3.95. The number of nitrogens with one attached hydrogen (secondary N) is 1. The van der Waals surface area contributed by atoms with Crippen LogP contribution in [0.4, 0.5) is 0 Å². The van der Waals surface area contributed by atoms with Crippen LogP contribution in [0.1, 0.15) is 4.88 Å². The molecule has 0 spiro atoms. The number of ether oxygens (including phenoxy) is 2. The Bertz CT molecular complexity index is 585. The van der Waals surface area contributed by atoms with Gasteiger partial charge in [-0.2, -0.15) is 0 Å². The molecule has 0 fully saturated rings. The molecule has 1 aromatic heterocycles. The highest BCUT2D eigenvalue weighted by molar-refractivity contribution is 9.11. The summed E-state index contributed by atoms with van der Waals surface area (Å²) in [6, 6.07) is 11.1. The quantitative estimate of drug-likeness (QED) is 0.865. The van der Waals surface area contributed by atoms with E-state index < -0.39 is 0 Å². The molecule has 0 saturated heterocycles. The third-order valence-electron chi connectivity index (χ3n) is 2.50. The van der Waals surface area contributed by atoms with Gasteiger partial charge in [0.25, 0.3) is 5.91 Å². The molecule has 1 N–H and O–H groups in total. The Balaban J connectivity index is 1.77. The summed E-state index contributed by atoms with van der Waals surface area (Å²) in [7, 11) is 1.59. The van der Waals surface area contributed by atoms with Gasteiger partial charge in [0.05, 0.1) is 17.4 Å². The lowest BCUT2D eigenvalue weighted by atomic mass is 10.3. The zero-order valence-corrected chi connectivity index (χ0v) is 13.3. The van der Waals surface area contributed by atoms with Crippen LogP contribution in [0.25, 0.3) is 0 Å². The number of halogens is 1. The molecule has 20 heavy (non-hydrogen) atoms. The standard InChI is InChI=1S/C14H14BrNO3S/c1-18-10-3-2-4-11(7-10)19-9-14(17)16-8-12-5-6-13(15)20-12/h2-7H,8-9H2,1H3,(H,16,17). The lowest BCUT2D eigenvalue weighted by molar-refractivity contribution is -0.123. The summed E-state index contributed by atoms with van der Waals surface area (Å²) in [4.78, 5) is 12.8. The number of thiophene rings is 1. The van der Waals surface area contributed by atoms with Crippen molar-refractivity contribution in [1.29, 1.82) is 0 Å². The Labute approximate surface area is 129 Å². The van der Waals surface area contributed by atoms with Crippen molar-refractivity contribution in [3.63, 3.8) is 0 Å². The van der Waals surface area contributed by atoms with Gasteiger partial charge in [0.15, 0.2) is 6.61 Å². The predicted octanol–water partition coefficient (Wildman–Crippen LogP) is 3.21. The van der Waals surface area contributed by atoms with Gasteiger partial charge >= 0.3 is 0 Å². The van der Waals surface area contributed by atoms with E-state index in [-0.39, 0.29) is 12.5 Å². The first kappa shape index (κ1) is 14.9. The van der Waals surface area contributed by atoms with Gasteiger partial charge in [0.2, 0.25) is 0 Å². The minimum absolute atomic E-state index is 0.0142. The van der Waals surface area contributed by atoms with Crippen LogP contribution in [0.5, 0.6) is 11.5 Å². The van der Waals surface area contributed by atoms with Gasteiger partial charge in [-0.25, -0.2) is 0 Å². The van der Waals surface area contributed by atoms with E-state index in [9.17, 15) is 4.79 Å². The van der Waals surface area contributed by atoms with Gasteiger partial charge in [-0.15, -0.1) is 11.3 Å². The molecule has 0 bridgehead atoms. The van der Waals surface area contributed by atoms with E-state index >= 15 is 0 Å². The molecule has 106 valence electrons. The molecule has 1 aromatic carbocycles. The van der Waals surface area contributed by atoms with Gasteiger partial charge in [-0.05, 0) is 40.2 Å². The van der Waals surface area contributed by atoms with Crippen LogP contribution in [0.3, 0.4) is 0 Å². The monoisotopic (exact) mass is 355 g/mol. The lowest BCUT2D eigenvalue weighted by Gasteiger charge is -2.08. The molecule has 0 aliphatic heterocycles. The Morgan fingerprint density at radius 1 is 1.30 bits per heavy atom. The van der Waals surface area contributed by atoms with Crippen LogP contribution in [0.15, 0.2) is 40.2 Å². The number of carbonyl (C=O) groups is 1. The Kier molecular flexibility index (Phi) is 5.43. The van der Waals surface area contributed by atoms with Gasteiger partial charge < -0.3 is 14.8 Å². The number of benzene rings is 1. The molecule has 0 radical (unpaired) electrons. The molecule has 1 amide bonds. The van der Waals surface area contributed by atoms with Crippen molar-refractivity contribution in [1.82, 2.24) is 5.32 Å². The lowest BCUT2D eigenvalue weighted by Crippen LogP contribution is -2.28. The molecule has 0 saturated carbocycles. The number of hydrogen-bond donors (Lipinski definition) is 1. The largest absolute Gasteiger partial charge is 0.497 e. The van der Waals surface area contributed by atoms with Crippen molar-refractivity contribution in [3.05, 3.63) is 45.1 Å². The average molecular weight is 356 g/mol. The summed E-state index contributed by atoms with van der Waals surface area (Å²) >= 11 is 4.98. The van der Waals surface area contributed by atoms with E-state index in [0.717, 1.165) is 8.66 Å². The topological polar surface area (TPSA) is 47.6 Å². The Morgan fingerprint density at radius 2 is 2.10 bits per heavy atom. The van der Waals surface area contributed by atoms with Crippen molar-refractivity contribution in [3.8, 4) is 11.5 Å². The van der Waals surface area contributed by atoms with Crippen LogP contribution in [-0.2, 0) is 11.3 Å². The summed E-state index contributed by atoms with van der Waals surface area (Å²) in [5.41, 5.74) is 0. The maximum atomic E-state index is 11.7. The smallest absolute Gasteiger partial charge is 0.258 e. The second-order valence-corrected chi connectivity index (χ2v) is 6.50. The fourth-order valence-electron chi connectivity index (χ4n) is 1.52. The van der Waals surface area contributed by atoms with Gasteiger partial charge in [0, 0.05) is 10.9 Å². The van der Waals surface area contributed by atoms with Crippen LogP contribution in [0.2, 0.25) is 0 Å².